The second-order valence-electron chi connectivity index (χ2n) is 4.57. The molecule has 0 fully saturated rings. The lowest BCUT2D eigenvalue weighted by Gasteiger charge is -2.12. The molecular weight excluding hydrogens is 285 g/mol. The van der Waals surface area contributed by atoms with Crippen LogP contribution >= 0.6 is 12.2 Å². The molecule has 104 valence electrons. The number of pyridine rings is 1. The minimum absolute atomic E-state index is 0.0179. The van der Waals surface area contributed by atoms with Gasteiger partial charge in [0.25, 0.3) is 0 Å². The van der Waals surface area contributed by atoms with Crippen LogP contribution in [-0.4, -0.2) is 9.97 Å². The van der Waals surface area contributed by atoms with E-state index in [1.807, 2.05) is 30.3 Å². The fraction of sp³-hybridized carbons (Fsp3) is 0. The van der Waals surface area contributed by atoms with Gasteiger partial charge in [-0.2, -0.15) is 0 Å². The van der Waals surface area contributed by atoms with Crippen LogP contribution in [0.2, 0.25) is 0 Å². The van der Waals surface area contributed by atoms with Crippen molar-refractivity contribution in [3.63, 3.8) is 0 Å². The lowest BCUT2D eigenvalue weighted by molar-refractivity contribution is 0.626. The Balaban J connectivity index is 2.02. The molecule has 21 heavy (non-hydrogen) atoms. The summed E-state index contributed by atoms with van der Waals surface area (Å²) in [5.74, 6) is -0.443. The van der Waals surface area contributed by atoms with Gasteiger partial charge in [-0.05, 0) is 24.3 Å². The van der Waals surface area contributed by atoms with Gasteiger partial charge in [0.15, 0.2) is 0 Å². The number of para-hydroxylation sites is 1. The zero-order valence-corrected chi connectivity index (χ0v) is 11.8. The van der Waals surface area contributed by atoms with E-state index in [4.69, 9.17) is 18.0 Å². The molecule has 0 unspecified atom stereocenters. The van der Waals surface area contributed by atoms with Gasteiger partial charge in [0.1, 0.15) is 10.8 Å². The molecule has 5 heteroatoms. The van der Waals surface area contributed by atoms with E-state index in [2.05, 4.69) is 10.3 Å². The number of hydrogen-bond acceptors (Lipinski definition) is 3. The van der Waals surface area contributed by atoms with E-state index in [1.165, 1.54) is 6.07 Å². The van der Waals surface area contributed by atoms with Gasteiger partial charge in [0, 0.05) is 5.39 Å². The maximum absolute atomic E-state index is 13.8. The predicted octanol–water partition coefficient (Wildman–Crippen LogP) is 3.75. The van der Waals surface area contributed by atoms with Crippen LogP contribution in [0.4, 0.5) is 15.8 Å². The van der Waals surface area contributed by atoms with E-state index < -0.39 is 5.82 Å². The first kappa shape index (κ1) is 13.5. The smallest absolute Gasteiger partial charge is 0.135 e. The molecule has 0 aliphatic rings. The molecule has 3 nitrogen and oxygen atoms in total. The van der Waals surface area contributed by atoms with Gasteiger partial charge in [0.05, 0.1) is 28.7 Å². The molecule has 0 saturated heterocycles. The third-order valence-electron chi connectivity index (χ3n) is 3.13. The summed E-state index contributed by atoms with van der Waals surface area (Å²) < 4.78 is 13.8. The molecule has 0 radical (unpaired) electrons. The van der Waals surface area contributed by atoms with Crippen molar-refractivity contribution >= 4 is 39.5 Å². The summed E-state index contributed by atoms with van der Waals surface area (Å²) in [4.78, 5) is 4.37. The molecule has 0 aliphatic heterocycles. The summed E-state index contributed by atoms with van der Waals surface area (Å²) in [6, 6.07) is 14.4. The molecule has 0 bridgehead atoms. The third kappa shape index (κ3) is 2.68. The third-order valence-corrected chi connectivity index (χ3v) is 3.33. The van der Waals surface area contributed by atoms with Crippen molar-refractivity contribution in [1.29, 1.82) is 0 Å². The number of hydrogen-bond donors (Lipinski definition) is 2. The van der Waals surface area contributed by atoms with Crippen LogP contribution in [0.15, 0.2) is 54.7 Å². The molecule has 3 rings (SSSR count). The van der Waals surface area contributed by atoms with Crippen molar-refractivity contribution < 1.29 is 4.39 Å². The van der Waals surface area contributed by atoms with Gasteiger partial charge < -0.3 is 11.1 Å². The van der Waals surface area contributed by atoms with Crippen molar-refractivity contribution in [2.24, 2.45) is 5.73 Å². The topological polar surface area (TPSA) is 50.9 Å². The van der Waals surface area contributed by atoms with E-state index in [0.29, 0.717) is 5.69 Å². The summed E-state index contributed by atoms with van der Waals surface area (Å²) >= 11 is 4.91. The molecular formula is C16H12FN3S. The van der Waals surface area contributed by atoms with Crippen molar-refractivity contribution in [3.05, 3.63) is 66.1 Å². The Labute approximate surface area is 126 Å². The lowest BCUT2D eigenvalue weighted by Crippen LogP contribution is -2.14. The highest BCUT2D eigenvalue weighted by Gasteiger charge is 2.11. The number of nitrogens with two attached hydrogens (primary N) is 1. The number of nitrogens with one attached hydrogen (secondary N) is 1. The normalized spacial score (nSPS) is 10.5. The van der Waals surface area contributed by atoms with Gasteiger partial charge in [-0.15, -0.1) is 0 Å². The number of halogens is 1. The van der Waals surface area contributed by atoms with Crippen LogP contribution < -0.4 is 11.1 Å². The molecule has 0 atom stereocenters. The van der Waals surface area contributed by atoms with E-state index in [9.17, 15) is 4.39 Å². The first-order valence-electron chi connectivity index (χ1n) is 6.35. The first-order chi connectivity index (χ1) is 10.1. The number of anilines is 2. The van der Waals surface area contributed by atoms with Crippen LogP contribution in [0.3, 0.4) is 0 Å². The summed E-state index contributed by atoms with van der Waals surface area (Å²) in [6.07, 6.45) is 1.69. The van der Waals surface area contributed by atoms with Gasteiger partial charge in [-0.1, -0.05) is 36.5 Å². The molecule has 1 heterocycles. The van der Waals surface area contributed by atoms with Crippen molar-refractivity contribution in [3.8, 4) is 0 Å². The standard InChI is InChI=1S/C16H12FN3S/c17-12-5-3-7-14(15(12)16(18)21)20-11-8-10-4-1-2-6-13(10)19-9-11/h1-9,20H,(H2,18,21). The SMILES string of the molecule is NC(=S)c1c(F)cccc1Nc1cnc2ccccc2c1. The molecule has 0 aliphatic carbocycles. The quantitative estimate of drug-likeness (QED) is 0.723. The number of thiocarbonyl (C=S) groups is 1. The van der Waals surface area contributed by atoms with Gasteiger partial charge >= 0.3 is 0 Å². The Hall–Kier alpha value is -2.53. The zero-order valence-electron chi connectivity index (χ0n) is 11.0. The Bertz CT molecular complexity index is 833. The van der Waals surface area contributed by atoms with Crippen molar-refractivity contribution in [2.45, 2.75) is 0 Å². The highest BCUT2D eigenvalue weighted by Crippen LogP contribution is 2.24. The molecule has 2 aromatic carbocycles. The monoisotopic (exact) mass is 297 g/mol. The van der Waals surface area contributed by atoms with Crippen molar-refractivity contribution in [1.82, 2.24) is 4.98 Å². The number of fused-ring (bicyclic) bond motifs is 1. The van der Waals surface area contributed by atoms with E-state index in [1.54, 1.807) is 18.3 Å². The fourth-order valence-corrected chi connectivity index (χ4v) is 2.38. The molecule has 1 aromatic heterocycles. The summed E-state index contributed by atoms with van der Waals surface area (Å²) in [6.45, 7) is 0. The van der Waals surface area contributed by atoms with Crippen LogP contribution in [0.1, 0.15) is 5.56 Å². The average molecular weight is 297 g/mol. The molecule has 0 amide bonds. The predicted molar refractivity (Wildman–Crippen MR) is 87.3 cm³/mol. The molecule has 0 spiro atoms. The number of rotatable bonds is 3. The van der Waals surface area contributed by atoms with E-state index in [0.717, 1.165) is 16.6 Å². The number of nitrogens with zero attached hydrogens (tertiary/aromatic N) is 1. The number of benzene rings is 2. The van der Waals surface area contributed by atoms with E-state index >= 15 is 0 Å². The van der Waals surface area contributed by atoms with Crippen LogP contribution in [0.5, 0.6) is 0 Å². The maximum Gasteiger partial charge on any atom is 0.135 e. The summed E-state index contributed by atoms with van der Waals surface area (Å²) in [7, 11) is 0. The highest BCUT2D eigenvalue weighted by molar-refractivity contribution is 7.80. The lowest BCUT2D eigenvalue weighted by atomic mass is 10.1. The second kappa shape index (κ2) is 5.46. The minimum Gasteiger partial charge on any atom is -0.389 e. The Kier molecular flexibility index (Phi) is 3.50. The highest BCUT2D eigenvalue weighted by atomic mass is 32.1. The molecule has 0 saturated carbocycles. The first-order valence-corrected chi connectivity index (χ1v) is 6.76. The molecule has 3 N–H and O–H groups in total. The van der Waals surface area contributed by atoms with Crippen LogP contribution in [0.25, 0.3) is 10.9 Å². The van der Waals surface area contributed by atoms with Gasteiger partial charge in [-0.3, -0.25) is 4.98 Å². The van der Waals surface area contributed by atoms with Gasteiger partial charge in [0.2, 0.25) is 0 Å². The Morgan fingerprint density at radius 3 is 2.76 bits per heavy atom. The summed E-state index contributed by atoms with van der Waals surface area (Å²) in [5.41, 5.74) is 7.98. The molecule has 3 aromatic rings. The van der Waals surface area contributed by atoms with E-state index in [-0.39, 0.29) is 10.6 Å². The Morgan fingerprint density at radius 2 is 1.95 bits per heavy atom. The maximum atomic E-state index is 13.8. The fourth-order valence-electron chi connectivity index (χ4n) is 2.17. The minimum atomic E-state index is -0.443. The van der Waals surface area contributed by atoms with Crippen LogP contribution in [-0.2, 0) is 0 Å². The summed E-state index contributed by atoms with van der Waals surface area (Å²) in [5, 5.41) is 4.11. The van der Waals surface area contributed by atoms with Gasteiger partial charge in [-0.25, -0.2) is 4.39 Å². The Morgan fingerprint density at radius 1 is 1.14 bits per heavy atom. The van der Waals surface area contributed by atoms with Crippen LogP contribution in [0, 0.1) is 5.82 Å². The average Bonchev–Trinajstić information content (AvgIpc) is 2.47. The second-order valence-corrected chi connectivity index (χ2v) is 5.01. The van der Waals surface area contributed by atoms with Crippen molar-refractivity contribution in [2.75, 3.05) is 5.32 Å². The number of aromatic nitrogens is 1. The largest absolute Gasteiger partial charge is 0.389 e. The zero-order chi connectivity index (χ0) is 14.8.